The van der Waals surface area contributed by atoms with Gasteiger partial charge in [-0.3, -0.25) is 4.79 Å². The van der Waals surface area contributed by atoms with Crippen LogP contribution in [0.4, 0.5) is 17.2 Å². The van der Waals surface area contributed by atoms with E-state index in [9.17, 15) is 4.79 Å². The maximum absolute atomic E-state index is 11.6. The highest BCUT2D eigenvalue weighted by Gasteiger charge is 2.06. The normalized spacial score (nSPS) is 10.3. The van der Waals surface area contributed by atoms with Crippen LogP contribution in [0.15, 0.2) is 36.5 Å². The summed E-state index contributed by atoms with van der Waals surface area (Å²) in [5.74, 6) is 0.511. The topological polar surface area (TPSA) is 54.0 Å². The Morgan fingerprint density at radius 3 is 2.73 bits per heavy atom. The fraction of sp³-hybridized carbons (Fsp3) is 0.250. The summed E-state index contributed by atoms with van der Waals surface area (Å²) in [5, 5.41) is 6.84. The monoisotopic (exact) mass is 337 g/mol. The molecule has 0 fully saturated rings. The van der Waals surface area contributed by atoms with Crippen LogP contribution in [0.25, 0.3) is 0 Å². The Morgan fingerprint density at radius 1 is 1.23 bits per heavy atom. The number of carbonyl (C=O) groups is 1. The highest BCUT2D eigenvalue weighted by molar-refractivity contribution is 6.43. The zero-order valence-corrected chi connectivity index (χ0v) is 13.7. The molecule has 6 heteroatoms. The van der Waals surface area contributed by atoms with Gasteiger partial charge in [0.15, 0.2) is 0 Å². The second-order valence-electron chi connectivity index (χ2n) is 4.81. The number of aromatic nitrogens is 1. The van der Waals surface area contributed by atoms with Crippen LogP contribution in [0.2, 0.25) is 10.0 Å². The molecule has 22 heavy (non-hydrogen) atoms. The van der Waals surface area contributed by atoms with Crippen molar-refractivity contribution in [1.29, 1.82) is 0 Å². The number of nitrogens with zero attached hydrogens (tertiary/aromatic N) is 1. The molecule has 1 aromatic carbocycles. The first-order chi connectivity index (χ1) is 10.6. The van der Waals surface area contributed by atoms with Gasteiger partial charge in [0.2, 0.25) is 5.91 Å². The smallest absolute Gasteiger partial charge is 0.225 e. The molecule has 1 heterocycles. The number of nitrogens with one attached hydrogen (secondary N) is 2. The summed E-state index contributed by atoms with van der Waals surface area (Å²) in [5.41, 5.74) is 1.46. The van der Waals surface area contributed by atoms with Crippen LogP contribution in [0.3, 0.4) is 0 Å². The minimum absolute atomic E-state index is 0.0204. The van der Waals surface area contributed by atoms with E-state index in [1.807, 2.05) is 25.1 Å². The van der Waals surface area contributed by atoms with Crippen molar-refractivity contribution in [3.05, 3.63) is 46.6 Å². The number of benzene rings is 1. The molecule has 2 aromatic rings. The lowest BCUT2D eigenvalue weighted by molar-refractivity contribution is -0.116. The van der Waals surface area contributed by atoms with Crippen molar-refractivity contribution in [3.63, 3.8) is 0 Å². The second-order valence-corrected chi connectivity index (χ2v) is 5.60. The third-order valence-corrected chi connectivity index (χ3v) is 3.84. The molecule has 2 N–H and O–H groups in total. The molecule has 0 saturated heterocycles. The fourth-order valence-corrected chi connectivity index (χ4v) is 2.19. The Labute approximate surface area is 139 Å². The van der Waals surface area contributed by atoms with Gasteiger partial charge >= 0.3 is 0 Å². The van der Waals surface area contributed by atoms with Crippen molar-refractivity contribution in [1.82, 2.24) is 4.98 Å². The highest BCUT2D eigenvalue weighted by atomic mass is 35.5. The summed E-state index contributed by atoms with van der Waals surface area (Å²) in [4.78, 5) is 15.8. The average molecular weight is 338 g/mol. The molecule has 0 saturated carbocycles. The van der Waals surface area contributed by atoms with Gasteiger partial charge in [0.05, 0.1) is 27.6 Å². The number of rotatable bonds is 6. The Morgan fingerprint density at radius 2 is 2.05 bits per heavy atom. The molecular weight excluding hydrogens is 321 g/mol. The summed E-state index contributed by atoms with van der Waals surface area (Å²) in [7, 11) is 0. The Kier molecular flexibility index (Phi) is 6.04. The van der Waals surface area contributed by atoms with Crippen molar-refractivity contribution in [2.45, 2.75) is 26.2 Å². The van der Waals surface area contributed by atoms with Crippen LogP contribution in [0, 0.1) is 0 Å². The van der Waals surface area contributed by atoms with Crippen molar-refractivity contribution in [3.8, 4) is 0 Å². The zero-order chi connectivity index (χ0) is 15.9. The summed E-state index contributed by atoms with van der Waals surface area (Å²) >= 11 is 12.1. The predicted octanol–water partition coefficient (Wildman–Crippen LogP) is 5.26. The van der Waals surface area contributed by atoms with E-state index in [-0.39, 0.29) is 5.91 Å². The SMILES string of the molecule is CCCCC(=O)Nc1ccc(Nc2cccc(Cl)c2Cl)cn1. The largest absolute Gasteiger partial charge is 0.353 e. The summed E-state index contributed by atoms with van der Waals surface area (Å²) in [6, 6.07) is 8.92. The van der Waals surface area contributed by atoms with E-state index in [1.54, 1.807) is 18.3 Å². The molecule has 116 valence electrons. The minimum Gasteiger partial charge on any atom is -0.353 e. The molecule has 0 aliphatic carbocycles. The Bertz CT molecular complexity index is 644. The minimum atomic E-state index is -0.0204. The number of halogens is 2. The van der Waals surface area contributed by atoms with E-state index in [0.717, 1.165) is 18.5 Å². The van der Waals surface area contributed by atoms with E-state index >= 15 is 0 Å². The van der Waals surface area contributed by atoms with Gasteiger partial charge in [0, 0.05) is 6.42 Å². The number of amides is 1. The van der Waals surface area contributed by atoms with Gasteiger partial charge in [-0.05, 0) is 30.7 Å². The molecule has 0 unspecified atom stereocenters. The summed E-state index contributed by atoms with van der Waals surface area (Å²) in [6.45, 7) is 2.05. The number of hydrogen-bond acceptors (Lipinski definition) is 3. The molecule has 0 radical (unpaired) electrons. The van der Waals surface area contributed by atoms with E-state index in [1.165, 1.54) is 0 Å². The molecule has 0 spiro atoms. The fourth-order valence-electron chi connectivity index (χ4n) is 1.84. The number of hydrogen-bond donors (Lipinski definition) is 2. The first-order valence-corrected chi connectivity index (χ1v) is 7.82. The third-order valence-electron chi connectivity index (χ3n) is 3.02. The Balaban J connectivity index is 2.00. The molecule has 0 aliphatic heterocycles. The number of anilines is 3. The lowest BCUT2D eigenvalue weighted by Gasteiger charge is -2.10. The van der Waals surface area contributed by atoms with Crippen LogP contribution >= 0.6 is 23.2 Å². The van der Waals surface area contributed by atoms with Gasteiger partial charge in [0.1, 0.15) is 5.82 Å². The van der Waals surface area contributed by atoms with Crippen LogP contribution in [0.5, 0.6) is 0 Å². The van der Waals surface area contributed by atoms with Crippen LogP contribution in [0.1, 0.15) is 26.2 Å². The Hall–Kier alpha value is -1.78. The van der Waals surface area contributed by atoms with Crippen LogP contribution < -0.4 is 10.6 Å². The van der Waals surface area contributed by atoms with E-state index in [0.29, 0.717) is 28.0 Å². The van der Waals surface area contributed by atoms with E-state index in [2.05, 4.69) is 15.6 Å². The highest BCUT2D eigenvalue weighted by Crippen LogP contribution is 2.31. The lowest BCUT2D eigenvalue weighted by atomic mass is 10.2. The first kappa shape index (κ1) is 16.6. The number of carbonyl (C=O) groups excluding carboxylic acids is 1. The van der Waals surface area contributed by atoms with Crippen molar-refractivity contribution < 1.29 is 4.79 Å². The standard InChI is InChI=1S/C16H17Cl2N3O/c1-2-3-7-15(22)21-14-9-8-11(10-19-14)20-13-6-4-5-12(17)16(13)18/h4-6,8-10,20H,2-3,7H2,1H3,(H,19,21,22). The second kappa shape index (κ2) is 8.01. The maximum atomic E-state index is 11.6. The van der Waals surface area contributed by atoms with Crippen molar-refractivity contribution in [2.24, 2.45) is 0 Å². The quantitative estimate of drug-likeness (QED) is 0.755. The average Bonchev–Trinajstić information content (AvgIpc) is 2.51. The van der Waals surface area contributed by atoms with Crippen molar-refractivity contribution >= 4 is 46.3 Å². The molecule has 0 aliphatic rings. The molecule has 0 atom stereocenters. The van der Waals surface area contributed by atoms with Gasteiger partial charge in [0.25, 0.3) is 0 Å². The zero-order valence-electron chi connectivity index (χ0n) is 12.2. The number of unbranched alkanes of at least 4 members (excludes halogenated alkanes) is 1. The molecule has 4 nitrogen and oxygen atoms in total. The van der Waals surface area contributed by atoms with Gasteiger partial charge < -0.3 is 10.6 Å². The lowest BCUT2D eigenvalue weighted by Crippen LogP contribution is -2.12. The van der Waals surface area contributed by atoms with E-state index < -0.39 is 0 Å². The predicted molar refractivity (Wildman–Crippen MR) is 92.1 cm³/mol. The molecular formula is C16H17Cl2N3O. The molecule has 1 aromatic heterocycles. The number of pyridine rings is 1. The van der Waals surface area contributed by atoms with Gasteiger partial charge in [-0.2, -0.15) is 0 Å². The van der Waals surface area contributed by atoms with Gasteiger partial charge in [-0.15, -0.1) is 0 Å². The molecule has 0 bridgehead atoms. The van der Waals surface area contributed by atoms with E-state index in [4.69, 9.17) is 23.2 Å². The summed E-state index contributed by atoms with van der Waals surface area (Å²) < 4.78 is 0. The maximum Gasteiger partial charge on any atom is 0.225 e. The van der Waals surface area contributed by atoms with Crippen LogP contribution in [-0.4, -0.2) is 10.9 Å². The summed E-state index contributed by atoms with van der Waals surface area (Å²) in [6.07, 6.45) is 4.01. The van der Waals surface area contributed by atoms with Gasteiger partial charge in [-0.25, -0.2) is 4.98 Å². The first-order valence-electron chi connectivity index (χ1n) is 7.07. The van der Waals surface area contributed by atoms with Crippen molar-refractivity contribution in [2.75, 3.05) is 10.6 Å². The third kappa shape index (κ3) is 4.61. The van der Waals surface area contributed by atoms with Crippen LogP contribution in [-0.2, 0) is 4.79 Å². The van der Waals surface area contributed by atoms with Gasteiger partial charge in [-0.1, -0.05) is 42.6 Å². The molecule has 1 amide bonds. The molecule has 2 rings (SSSR count).